The van der Waals surface area contributed by atoms with Gasteiger partial charge in [0.15, 0.2) is 0 Å². The molecule has 2 aromatic rings. The van der Waals surface area contributed by atoms with Gasteiger partial charge in [0.05, 0.1) is 12.0 Å². The fourth-order valence-corrected chi connectivity index (χ4v) is 4.84. The highest BCUT2D eigenvalue weighted by atomic mass is 32.1. The zero-order chi connectivity index (χ0) is 22.8. The predicted molar refractivity (Wildman–Crippen MR) is 127 cm³/mol. The van der Waals surface area contributed by atoms with E-state index in [2.05, 4.69) is 5.32 Å². The fraction of sp³-hybridized carbons (Fsp3) is 0.520. The first kappa shape index (κ1) is 24.3. The van der Waals surface area contributed by atoms with E-state index in [4.69, 9.17) is 9.47 Å². The number of hydrogen-bond donors (Lipinski definition) is 1. The molecule has 1 aliphatic carbocycles. The lowest BCUT2D eigenvalue weighted by Gasteiger charge is -2.33. The number of nitrogens with one attached hydrogen (secondary N) is 1. The topological polar surface area (TPSA) is 67.9 Å². The molecule has 0 aliphatic heterocycles. The average Bonchev–Trinajstić information content (AvgIpc) is 3.36. The van der Waals surface area contributed by atoms with E-state index in [0.717, 1.165) is 31.2 Å². The molecule has 174 valence electrons. The highest BCUT2D eigenvalue weighted by Gasteiger charge is 2.33. The van der Waals surface area contributed by atoms with Crippen molar-refractivity contribution < 1.29 is 19.1 Å². The molecule has 32 heavy (non-hydrogen) atoms. The molecule has 1 saturated carbocycles. The third-order valence-corrected chi connectivity index (χ3v) is 6.69. The van der Waals surface area contributed by atoms with E-state index >= 15 is 0 Å². The van der Waals surface area contributed by atoms with Gasteiger partial charge in [-0.05, 0) is 55.3 Å². The van der Waals surface area contributed by atoms with E-state index in [-0.39, 0.29) is 17.9 Å². The van der Waals surface area contributed by atoms with E-state index in [1.165, 1.54) is 17.8 Å². The predicted octanol–water partition coefficient (Wildman–Crippen LogP) is 4.82. The molecule has 2 amide bonds. The molecule has 0 unspecified atom stereocenters. The van der Waals surface area contributed by atoms with Gasteiger partial charge in [0.2, 0.25) is 5.91 Å². The number of amides is 2. The van der Waals surface area contributed by atoms with Crippen LogP contribution < -0.4 is 10.1 Å². The molecule has 1 aliphatic rings. The molecule has 1 atom stereocenters. The van der Waals surface area contributed by atoms with Crippen LogP contribution in [0.5, 0.6) is 5.75 Å². The molecule has 0 radical (unpaired) electrons. The molecule has 1 aromatic heterocycles. The monoisotopic (exact) mass is 458 g/mol. The van der Waals surface area contributed by atoms with E-state index in [0.29, 0.717) is 36.8 Å². The molecular weight excluding hydrogens is 424 g/mol. The molecule has 1 heterocycles. The number of ether oxygens (including phenoxy) is 2. The summed E-state index contributed by atoms with van der Waals surface area (Å²) in [4.78, 5) is 29.4. The molecule has 6 nitrogen and oxygen atoms in total. The minimum atomic E-state index is -0.709. The van der Waals surface area contributed by atoms with Crippen molar-refractivity contribution in [1.29, 1.82) is 0 Å². The van der Waals surface area contributed by atoms with Crippen LogP contribution in [0.15, 0.2) is 41.8 Å². The summed E-state index contributed by atoms with van der Waals surface area (Å²) in [7, 11) is 1.61. The molecule has 3 rings (SSSR count). The summed E-state index contributed by atoms with van der Waals surface area (Å²) in [5.74, 6) is 0.465. The third-order valence-electron chi connectivity index (χ3n) is 5.83. The summed E-state index contributed by atoms with van der Waals surface area (Å²) in [6.07, 6.45) is 6.12. The first-order chi connectivity index (χ1) is 15.6. The Bertz CT molecular complexity index is 832. The van der Waals surface area contributed by atoms with Crippen molar-refractivity contribution in [2.75, 3.05) is 26.9 Å². The summed E-state index contributed by atoms with van der Waals surface area (Å²) in [6.45, 7) is 3.56. The van der Waals surface area contributed by atoms with E-state index in [9.17, 15) is 9.59 Å². The summed E-state index contributed by atoms with van der Waals surface area (Å²) in [5.41, 5.74) is 0.778. The van der Waals surface area contributed by atoms with Crippen molar-refractivity contribution in [1.82, 2.24) is 10.2 Å². The van der Waals surface area contributed by atoms with Crippen LogP contribution in [0.2, 0.25) is 0 Å². The zero-order valence-electron chi connectivity index (χ0n) is 19.0. The molecular formula is C25H34N2O4S. The van der Waals surface area contributed by atoms with Crippen molar-refractivity contribution in [2.45, 2.75) is 57.5 Å². The largest absolute Gasteiger partial charge is 0.497 e. The Morgan fingerprint density at radius 1 is 1.16 bits per heavy atom. The Labute approximate surface area is 194 Å². The Hall–Kier alpha value is -2.38. The first-order valence-corrected chi connectivity index (χ1v) is 12.4. The van der Waals surface area contributed by atoms with Crippen LogP contribution in [-0.4, -0.2) is 49.6 Å². The lowest BCUT2D eigenvalue weighted by atomic mass is 9.94. The number of hydrogen-bond acceptors (Lipinski definition) is 5. The lowest BCUT2D eigenvalue weighted by molar-refractivity contribution is -0.127. The van der Waals surface area contributed by atoms with E-state index < -0.39 is 6.04 Å². The van der Waals surface area contributed by atoms with Crippen molar-refractivity contribution in [3.63, 3.8) is 0 Å². The minimum absolute atomic E-state index is 0.122. The Kier molecular flexibility index (Phi) is 9.56. The average molecular weight is 459 g/mol. The Morgan fingerprint density at radius 3 is 2.53 bits per heavy atom. The quantitative estimate of drug-likeness (QED) is 0.491. The molecule has 7 heteroatoms. The number of rotatable bonds is 11. The van der Waals surface area contributed by atoms with Gasteiger partial charge < -0.3 is 19.7 Å². The molecule has 0 spiro atoms. The highest BCUT2D eigenvalue weighted by Crippen LogP contribution is 2.28. The first-order valence-electron chi connectivity index (χ1n) is 11.5. The number of carbonyl (C=O) groups is 2. The fourth-order valence-electron chi connectivity index (χ4n) is 4.16. The van der Waals surface area contributed by atoms with Crippen LogP contribution >= 0.6 is 11.3 Å². The van der Waals surface area contributed by atoms with Gasteiger partial charge in [-0.15, -0.1) is 11.3 Å². The molecule has 1 aromatic carbocycles. The van der Waals surface area contributed by atoms with Gasteiger partial charge in [0, 0.05) is 25.8 Å². The van der Waals surface area contributed by atoms with Gasteiger partial charge in [-0.1, -0.05) is 37.5 Å². The molecule has 1 fully saturated rings. The van der Waals surface area contributed by atoms with E-state index in [1.54, 1.807) is 12.0 Å². The third kappa shape index (κ3) is 6.56. The smallest absolute Gasteiger partial charge is 0.264 e. The summed E-state index contributed by atoms with van der Waals surface area (Å²) in [6, 6.07) is 10.6. The Balaban J connectivity index is 1.90. The van der Waals surface area contributed by atoms with Gasteiger partial charge in [-0.2, -0.15) is 0 Å². The molecule has 1 N–H and O–H groups in total. The van der Waals surface area contributed by atoms with Crippen LogP contribution in [0.3, 0.4) is 0 Å². The number of thiophene rings is 1. The second-order valence-corrected chi connectivity index (χ2v) is 8.99. The minimum Gasteiger partial charge on any atom is -0.497 e. The van der Waals surface area contributed by atoms with Crippen LogP contribution in [0, 0.1) is 0 Å². The second-order valence-electron chi connectivity index (χ2n) is 8.05. The van der Waals surface area contributed by atoms with Crippen molar-refractivity contribution in [3.05, 3.63) is 52.2 Å². The molecule has 0 bridgehead atoms. The maximum Gasteiger partial charge on any atom is 0.264 e. The van der Waals surface area contributed by atoms with Crippen molar-refractivity contribution >= 4 is 23.2 Å². The number of methoxy groups -OCH3 is 1. The maximum absolute atomic E-state index is 13.6. The summed E-state index contributed by atoms with van der Waals surface area (Å²) >= 11 is 1.39. The Morgan fingerprint density at radius 2 is 1.91 bits per heavy atom. The normalized spacial score (nSPS) is 15.2. The van der Waals surface area contributed by atoms with Crippen LogP contribution in [0.25, 0.3) is 0 Å². The standard InChI is InChI=1S/C25H34N2O4S/c1-3-31-17-8-16-27(25(29)22-11-7-18-32-22)23(19-12-14-21(30-2)15-13-19)24(28)26-20-9-5-4-6-10-20/h7,11-15,18,20,23H,3-6,8-10,16-17H2,1-2H3,(H,26,28)/t23-/m1/s1. The van der Waals surface area contributed by atoms with Crippen molar-refractivity contribution in [2.24, 2.45) is 0 Å². The maximum atomic E-state index is 13.6. The highest BCUT2D eigenvalue weighted by molar-refractivity contribution is 7.12. The SMILES string of the molecule is CCOCCCN(C(=O)c1cccs1)[C@@H](C(=O)NC1CCCCC1)c1ccc(OC)cc1. The van der Waals surface area contributed by atoms with Gasteiger partial charge in [-0.3, -0.25) is 9.59 Å². The van der Waals surface area contributed by atoms with Gasteiger partial charge >= 0.3 is 0 Å². The van der Waals surface area contributed by atoms with Crippen LogP contribution in [0.4, 0.5) is 0 Å². The summed E-state index contributed by atoms with van der Waals surface area (Å²) < 4.78 is 10.8. The molecule has 0 saturated heterocycles. The number of carbonyl (C=O) groups excluding carboxylic acids is 2. The van der Waals surface area contributed by atoms with Crippen molar-refractivity contribution in [3.8, 4) is 5.75 Å². The number of nitrogens with zero attached hydrogens (tertiary/aromatic N) is 1. The van der Waals surface area contributed by atoms with Gasteiger partial charge in [0.1, 0.15) is 11.8 Å². The zero-order valence-corrected chi connectivity index (χ0v) is 19.9. The van der Waals surface area contributed by atoms with Gasteiger partial charge in [-0.25, -0.2) is 0 Å². The van der Waals surface area contributed by atoms with Crippen LogP contribution in [0.1, 0.15) is 66.7 Å². The van der Waals surface area contributed by atoms with E-state index in [1.807, 2.05) is 48.7 Å². The second kappa shape index (κ2) is 12.6. The number of benzene rings is 1. The van der Waals surface area contributed by atoms with Crippen LogP contribution in [-0.2, 0) is 9.53 Å². The van der Waals surface area contributed by atoms with Gasteiger partial charge in [0.25, 0.3) is 5.91 Å². The lowest BCUT2D eigenvalue weighted by Crippen LogP contribution is -2.47. The summed E-state index contributed by atoms with van der Waals surface area (Å²) in [5, 5.41) is 5.12.